The quantitative estimate of drug-likeness (QED) is 0.900. The van der Waals surface area contributed by atoms with Crippen LogP contribution in [-0.2, 0) is 12.1 Å². The molecule has 0 atom stereocenters. The first-order valence-corrected chi connectivity index (χ1v) is 8.89. The highest BCUT2D eigenvalue weighted by Crippen LogP contribution is 2.41. The number of amides is 1. The highest BCUT2D eigenvalue weighted by molar-refractivity contribution is 6.03. The van der Waals surface area contributed by atoms with E-state index in [1.807, 2.05) is 43.0 Å². The zero-order valence-corrected chi connectivity index (χ0v) is 15.8. The Labute approximate surface area is 150 Å². The van der Waals surface area contributed by atoms with E-state index in [2.05, 4.69) is 42.2 Å². The molecule has 1 fully saturated rings. The van der Waals surface area contributed by atoms with Crippen molar-refractivity contribution in [2.45, 2.75) is 51.6 Å². The summed E-state index contributed by atoms with van der Waals surface area (Å²) in [6.45, 7) is 7.21. The van der Waals surface area contributed by atoms with E-state index < -0.39 is 0 Å². The van der Waals surface area contributed by atoms with Crippen LogP contribution in [0.5, 0.6) is 0 Å². The summed E-state index contributed by atoms with van der Waals surface area (Å²) in [6.07, 6.45) is 2.38. The minimum Gasteiger partial charge on any atom is -0.321 e. The molecular formula is C20H28N4O. The average Bonchev–Trinajstić information content (AvgIpc) is 3.23. The van der Waals surface area contributed by atoms with Crippen LogP contribution in [0.1, 0.15) is 61.3 Å². The van der Waals surface area contributed by atoms with E-state index in [4.69, 9.17) is 0 Å². The number of nitrogens with zero attached hydrogens (tertiary/aromatic N) is 3. The lowest BCUT2D eigenvalue weighted by Gasteiger charge is -2.22. The third kappa shape index (κ3) is 4.28. The molecule has 1 aromatic heterocycles. The fourth-order valence-electron chi connectivity index (χ4n) is 3.02. The number of rotatable bonds is 5. The molecule has 5 heteroatoms. The van der Waals surface area contributed by atoms with Crippen LogP contribution in [0.25, 0.3) is 0 Å². The van der Waals surface area contributed by atoms with Crippen LogP contribution in [0, 0.1) is 0 Å². The van der Waals surface area contributed by atoms with Gasteiger partial charge in [0.25, 0.3) is 5.91 Å². The van der Waals surface area contributed by atoms with Crippen molar-refractivity contribution >= 4 is 11.6 Å². The summed E-state index contributed by atoms with van der Waals surface area (Å²) in [6, 6.07) is 9.93. The maximum Gasteiger partial charge on any atom is 0.276 e. The fourth-order valence-corrected chi connectivity index (χ4v) is 3.02. The number of nitrogens with one attached hydrogen (secondary N) is 1. The van der Waals surface area contributed by atoms with Crippen molar-refractivity contribution in [2.24, 2.45) is 0 Å². The van der Waals surface area contributed by atoms with Crippen molar-refractivity contribution in [3.05, 3.63) is 47.3 Å². The molecule has 1 aliphatic rings. The summed E-state index contributed by atoms with van der Waals surface area (Å²) < 4.78 is 2.02. The van der Waals surface area contributed by atoms with E-state index in [0.717, 1.165) is 12.2 Å². The van der Waals surface area contributed by atoms with Crippen LogP contribution >= 0.6 is 0 Å². The van der Waals surface area contributed by atoms with Gasteiger partial charge < -0.3 is 10.2 Å². The molecule has 0 bridgehead atoms. The molecule has 2 aromatic rings. The van der Waals surface area contributed by atoms with E-state index in [0.29, 0.717) is 11.6 Å². The van der Waals surface area contributed by atoms with Gasteiger partial charge >= 0.3 is 0 Å². The second-order valence-corrected chi connectivity index (χ2v) is 8.20. The molecule has 1 heterocycles. The lowest BCUT2D eigenvalue weighted by atomic mass is 10.1. The van der Waals surface area contributed by atoms with Crippen molar-refractivity contribution in [2.75, 3.05) is 19.4 Å². The first-order chi connectivity index (χ1) is 11.7. The van der Waals surface area contributed by atoms with Gasteiger partial charge in [-0.3, -0.25) is 9.48 Å². The maximum atomic E-state index is 12.7. The van der Waals surface area contributed by atoms with Crippen LogP contribution in [-0.4, -0.2) is 34.7 Å². The van der Waals surface area contributed by atoms with Crippen LogP contribution in [0.15, 0.2) is 30.3 Å². The Balaban J connectivity index is 1.80. The number of aromatic nitrogens is 2. The normalized spacial score (nSPS) is 14.8. The van der Waals surface area contributed by atoms with Crippen LogP contribution in [0.4, 0.5) is 5.69 Å². The Morgan fingerprint density at radius 1 is 1.28 bits per heavy atom. The van der Waals surface area contributed by atoms with Gasteiger partial charge in [-0.1, -0.05) is 12.1 Å². The predicted octanol–water partition coefficient (Wildman–Crippen LogP) is 3.83. The lowest BCUT2D eigenvalue weighted by Crippen LogP contribution is -2.25. The third-order valence-corrected chi connectivity index (χ3v) is 4.28. The standard InChI is InChI=1S/C20H28N4O/c1-20(2,3)24-18(15-9-10-15)12-17(22-24)19(25)21-16-8-6-7-14(11-16)13-23(4)5/h6-8,11-12,15H,9-10,13H2,1-5H3,(H,21,25). The van der Waals surface area contributed by atoms with Crippen molar-refractivity contribution in [1.29, 1.82) is 0 Å². The molecule has 0 spiro atoms. The van der Waals surface area contributed by atoms with Gasteiger partial charge in [0.1, 0.15) is 0 Å². The molecule has 25 heavy (non-hydrogen) atoms. The third-order valence-electron chi connectivity index (χ3n) is 4.28. The van der Waals surface area contributed by atoms with E-state index >= 15 is 0 Å². The number of hydrogen-bond donors (Lipinski definition) is 1. The van der Waals surface area contributed by atoms with Crippen molar-refractivity contribution < 1.29 is 4.79 Å². The smallest absolute Gasteiger partial charge is 0.276 e. The monoisotopic (exact) mass is 340 g/mol. The SMILES string of the molecule is CN(C)Cc1cccc(NC(=O)c2cc(C3CC3)n(C(C)(C)C)n2)c1. The lowest BCUT2D eigenvalue weighted by molar-refractivity contribution is 0.102. The molecule has 5 nitrogen and oxygen atoms in total. The van der Waals surface area contributed by atoms with Gasteiger partial charge in [-0.15, -0.1) is 0 Å². The summed E-state index contributed by atoms with van der Waals surface area (Å²) in [4.78, 5) is 14.8. The van der Waals surface area contributed by atoms with E-state index in [9.17, 15) is 4.79 Å². The topological polar surface area (TPSA) is 50.2 Å². The minimum absolute atomic E-state index is 0.123. The Hall–Kier alpha value is -2.14. The van der Waals surface area contributed by atoms with Gasteiger partial charge in [0.05, 0.1) is 5.54 Å². The number of benzene rings is 1. The molecule has 1 aromatic carbocycles. The van der Waals surface area contributed by atoms with Crippen molar-refractivity contribution in [1.82, 2.24) is 14.7 Å². The molecule has 134 valence electrons. The van der Waals surface area contributed by atoms with E-state index in [1.165, 1.54) is 24.1 Å². The molecule has 0 aliphatic heterocycles. The molecule has 3 rings (SSSR count). The maximum absolute atomic E-state index is 12.7. The predicted molar refractivity (Wildman–Crippen MR) is 101 cm³/mol. The zero-order chi connectivity index (χ0) is 18.2. The summed E-state index contributed by atoms with van der Waals surface area (Å²) in [7, 11) is 4.06. The van der Waals surface area contributed by atoms with Gasteiger partial charge in [0, 0.05) is 23.8 Å². The number of hydrogen-bond acceptors (Lipinski definition) is 3. The van der Waals surface area contributed by atoms with Gasteiger partial charge in [-0.2, -0.15) is 5.10 Å². The zero-order valence-electron chi connectivity index (χ0n) is 15.8. The van der Waals surface area contributed by atoms with Gasteiger partial charge in [0.2, 0.25) is 0 Å². The van der Waals surface area contributed by atoms with Gasteiger partial charge in [-0.05, 0) is 71.5 Å². The molecule has 0 saturated heterocycles. The fraction of sp³-hybridized carbons (Fsp3) is 0.500. The Morgan fingerprint density at radius 2 is 2.00 bits per heavy atom. The molecule has 1 N–H and O–H groups in total. The number of carbonyl (C=O) groups excluding carboxylic acids is 1. The average molecular weight is 340 g/mol. The molecule has 1 aliphatic carbocycles. The summed E-state index contributed by atoms with van der Waals surface area (Å²) in [5.41, 5.74) is 3.53. The summed E-state index contributed by atoms with van der Waals surface area (Å²) >= 11 is 0. The highest BCUT2D eigenvalue weighted by Gasteiger charge is 2.32. The first-order valence-electron chi connectivity index (χ1n) is 8.89. The first kappa shape index (κ1) is 17.7. The minimum atomic E-state index is -0.146. The Morgan fingerprint density at radius 3 is 2.60 bits per heavy atom. The largest absolute Gasteiger partial charge is 0.321 e. The van der Waals surface area contributed by atoms with Gasteiger partial charge in [-0.25, -0.2) is 0 Å². The molecule has 1 saturated carbocycles. The molecular weight excluding hydrogens is 312 g/mol. The number of carbonyl (C=O) groups is 1. The second kappa shape index (κ2) is 6.64. The van der Waals surface area contributed by atoms with E-state index in [-0.39, 0.29) is 11.4 Å². The molecule has 1 amide bonds. The van der Waals surface area contributed by atoms with Crippen molar-refractivity contribution in [3.63, 3.8) is 0 Å². The second-order valence-electron chi connectivity index (χ2n) is 8.20. The van der Waals surface area contributed by atoms with Crippen LogP contribution < -0.4 is 5.32 Å². The molecule has 0 unspecified atom stereocenters. The highest BCUT2D eigenvalue weighted by atomic mass is 16.2. The van der Waals surface area contributed by atoms with Crippen molar-refractivity contribution in [3.8, 4) is 0 Å². The van der Waals surface area contributed by atoms with Crippen LogP contribution in [0.2, 0.25) is 0 Å². The summed E-state index contributed by atoms with van der Waals surface area (Å²) in [5.74, 6) is 0.406. The summed E-state index contributed by atoms with van der Waals surface area (Å²) in [5, 5.41) is 7.60. The van der Waals surface area contributed by atoms with Gasteiger partial charge in [0.15, 0.2) is 5.69 Å². The van der Waals surface area contributed by atoms with E-state index in [1.54, 1.807) is 0 Å². The molecule has 0 radical (unpaired) electrons. The Kier molecular flexibility index (Phi) is 4.69. The number of anilines is 1. The van der Waals surface area contributed by atoms with Crippen LogP contribution in [0.3, 0.4) is 0 Å². The Bertz CT molecular complexity index is 766.